The van der Waals surface area contributed by atoms with Gasteiger partial charge in [0.15, 0.2) is 0 Å². The molecule has 1 heterocycles. The zero-order valence-corrected chi connectivity index (χ0v) is 14.1. The highest BCUT2D eigenvalue weighted by Gasteiger charge is 2.33. The van der Waals surface area contributed by atoms with Crippen molar-refractivity contribution in [2.45, 2.75) is 43.5 Å². The smallest absolute Gasteiger partial charge is 0.244 e. The van der Waals surface area contributed by atoms with Crippen molar-refractivity contribution in [3.05, 3.63) is 28.2 Å². The number of nitrogens with zero attached hydrogens (tertiary/aromatic N) is 1. The lowest BCUT2D eigenvalue weighted by Gasteiger charge is -2.34. The lowest BCUT2D eigenvalue weighted by atomic mass is 10.0. The van der Waals surface area contributed by atoms with Crippen LogP contribution in [0.1, 0.15) is 31.2 Å². The first kappa shape index (κ1) is 15.9. The van der Waals surface area contributed by atoms with Crippen LogP contribution in [0.3, 0.4) is 0 Å². The average Bonchev–Trinajstić information content (AvgIpc) is 2.39. The molecule has 4 nitrogen and oxygen atoms in total. The first-order valence-corrected chi connectivity index (χ1v) is 9.18. The van der Waals surface area contributed by atoms with Gasteiger partial charge in [-0.15, -0.1) is 0 Å². The molecule has 0 saturated carbocycles. The number of sulfonamides is 1. The van der Waals surface area contributed by atoms with Crippen LogP contribution >= 0.6 is 15.9 Å². The van der Waals surface area contributed by atoms with Crippen LogP contribution in [0.4, 0.5) is 0 Å². The molecule has 2 N–H and O–H groups in total. The van der Waals surface area contributed by atoms with Gasteiger partial charge in [0.2, 0.25) is 10.0 Å². The predicted octanol–water partition coefficient (Wildman–Crippen LogP) is 2.65. The molecule has 1 aromatic carbocycles. The van der Waals surface area contributed by atoms with Crippen LogP contribution in [0.5, 0.6) is 0 Å². The lowest BCUT2D eigenvalue weighted by Crippen LogP contribution is -2.44. The summed E-state index contributed by atoms with van der Waals surface area (Å²) in [5, 5.41) is 0. The fourth-order valence-corrected chi connectivity index (χ4v) is 5.59. The number of hydrogen-bond acceptors (Lipinski definition) is 3. The van der Waals surface area contributed by atoms with E-state index >= 15 is 0 Å². The van der Waals surface area contributed by atoms with Gasteiger partial charge in [0.1, 0.15) is 0 Å². The number of benzene rings is 1. The summed E-state index contributed by atoms with van der Waals surface area (Å²) in [6.45, 7) is 3.05. The third-order valence-corrected chi connectivity index (χ3v) is 6.68. The third-order valence-electron chi connectivity index (χ3n) is 3.75. The van der Waals surface area contributed by atoms with E-state index in [9.17, 15) is 8.42 Å². The van der Waals surface area contributed by atoms with Gasteiger partial charge in [0, 0.05) is 17.1 Å². The zero-order valence-electron chi connectivity index (χ0n) is 11.7. The van der Waals surface area contributed by atoms with Crippen LogP contribution in [0.15, 0.2) is 27.6 Å². The van der Waals surface area contributed by atoms with E-state index in [4.69, 9.17) is 5.73 Å². The van der Waals surface area contributed by atoms with Crippen LogP contribution in [-0.4, -0.2) is 31.9 Å². The third kappa shape index (κ3) is 3.24. The second-order valence-corrected chi connectivity index (χ2v) is 7.99. The molecule has 0 aliphatic carbocycles. The topological polar surface area (TPSA) is 63.4 Å². The first-order valence-electron chi connectivity index (χ1n) is 6.95. The molecular formula is C14H21BrN2O2S. The lowest BCUT2D eigenvalue weighted by molar-refractivity contribution is 0.243. The van der Waals surface area contributed by atoms with Gasteiger partial charge in [-0.05, 0) is 66.4 Å². The summed E-state index contributed by atoms with van der Waals surface area (Å²) in [5.74, 6) is 0. The fourth-order valence-electron chi connectivity index (χ4n) is 2.71. The molecule has 20 heavy (non-hydrogen) atoms. The van der Waals surface area contributed by atoms with Crippen molar-refractivity contribution in [3.63, 3.8) is 0 Å². The summed E-state index contributed by atoms with van der Waals surface area (Å²) in [7, 11) is -3.45. The van der Waals surface area contributed by atoms with Crippen molar-refractivity contribution in [1.82, 2.24) is 4.31 Å². The van der Waals surface area contributed by atoms with Crippen LogP contribution in [-0.2, 0) is 10.0 Å². The maximum absolute atomic E-state index is 12.9. The van der Waals surface area contributed by atoms with Crippen LogP contribution in [0, 0.1) is 6.92 Å². The summed E-state index contributed by atoms with van der Waals surface area (Å²) in [6.07, 6.45) is 3.62. The summed E-state index contributed by atoms with van der Waals surface area (Å²) in [5.41, 5.74) is 6.66. The van der Waals surface area contributed by atoms with Crippen molar-refractivity contribution in [3.8, 4) is 0 Å². The molecule has 1 aromatic rings. The summed E-state index contributed by atoms with van der Waals surface area (Å²) < 4.78 is 28.0. The molecule has 1 aliphatic heterocycles. The zero-order chi connectivity index (χ0) is 14.8. The Morgan fingerprint density at radius 2 is 2.15 bits per heavy atom. The van der Waals surface area contributed by atoms with Crippen molar-refractivity contribution >= 4 is 26.0 Å². The second kappa shape index (κ2) is 6.56. The molecule has 2 rings (SSSR count). The number of nitrogens with two attached hydrogens (primary N) is 1. The minimum atomic E-state index is -3.45. The van der Waals surface area contributed by atoms with Gasteiger partial charge in [0.25, 0.3) is 0 Å². The molecule has 1 saturated heterocycles. The molecule has 0 bridgehead atoms. The Hall–Kier alpha value is -0.430. The van der Waals surface area contributed by atoms with E-state index in [0.29, 0.717) is 22.5 Å². The molecule has 1 fully saturated rings. The van der Waals surface area contributed by atoms with Gasteiger partial charge in [0.05, 0.1) is 4.90 Å². The Morgan fingerprint density at radius 1 is 1.40 bits per heavy atom. The second-order valence-electron chi connectivity index (χ2n) is 5.28. The molecule has 0 radical (unpaired) electrons. The van der Waals surface area contributed by atoms with Gasteiger partial charge in [-0.2, -0.15) is 4.31 Å². The molecule has 0 spiro atoms. The van der Waals surface area contributed by atoms with E-state index in [1.807, 2.05) is 19.1 Å². The van der Waals surface area contributed by atoms with Crippen molar-refractivity contribution in [1.29, 1.82) is 0 Å². The van der Waals surface area contributed by atoms with Gasteiger partial charge in [-0.25, -0.2) is 8.42 Å². The Bertz CT molecular complexity index is 573. The summed E-state index contributed by atoms with van der Waals surface area (Å²) in [6, 6.07) is 5.39. The Morgan fingerprint density at radius 3 is 2.80 bits per heavy atom. The van der Waals surface area contributed by atoms with Gasteiger partial charge in [-0.3, -0.25) is 0 Å². The van der Waals surface area contributed by atoms with E-state index < -0.39 is 10.0 Å². The first-order chi connectivity index (χ1) is 9.46. The van der Waals surface area contributed by atoms with Crippen LogP contribution < -0.4 is 5.73 Å². The highest BCUT2D eigenvalue weighted by Crippen LogP contribution is 2.31. The maximum Gasteiger partial charge on any atom is 0.244 e. The molecule has 6 heteroatoms. The van der Waals surface area contributed by atoms with Crippen LogP contribution in [0.25, 0.3) is 0 Å². The number of hydrogen-bond donors (Lipinski definition) is 1. The molecule has 1 aliphatic rings. The fraction of sp³-hybridized carbons (Fsp3) is 0.571. The monoisotopic (exact) mass is 360 g/mol. The Balaban J connectivity index is 2.37. The minimum absolute atomic E-state index is 0.0342. The molecular weight excluding hydrogens is 340 g/mol. The Labute approximate surface area is 129 Å². The molecule has 1 unspecified atom stereocenters. The van der Waals surface area contributed by atoms with Crippen molar-refractivity contribution in [2.75, 3.05) is 13.1 Å². The van der Waals surface area contributed by atoms with E-state index in [-0.39, 0.29) is 6.04 Å². The summed E-state index contributed by atoms with van der Waals surface area (Å²) >= 11 is 3.38. The highest BCUT2D eigenvalue weighted by molar-refractivity contribution is 9.10. The molecule has 112 valence electrons. The van der Waals surface area contributed by atoms with Crippen molar-refractivity contribution in [2.24, 2.45) is 5.73 Å². The standard InChI is InChI=1S/C14H21BrN2O2S/c1-11-5-6-14(13(15)10-11)20(18,19)17-9-3-2-4-12(17)7-8-16/h5-6,10,12H,2-4,7-9,16H2,1H3. The predicted molar refractivity (Wildman–Crippen MR) is 84.1 cm³/mol. The van der Waals surface area contributed by atoms with E-state index in [2.05, 4.69) is 15.9 Å². The van der Waals surface area contributed by atoms with Gasteiger partial charge >= 0.3 is 0 Å². The number of halogens is 1. The highest BCUT2D eigenvalue weighted by atomic mass is 79.9. The molecule has 1 atom stereocenters. The van der Waals surface area contributed by atoms with Crippen LogP contribution in [0.2, 0.25) is 0 Å². The average molecular weight is 361 g/mol. The molecule has 0 aromatic heterocycles. The number of aryl methyl sites for hydroxylation is 1. The van der Waals surface area contributed by atoms with E-state index in [1.54, 1.807) is 10.4 Å². The largest absolute Gasteiger partial charge is 0.330 e. The summed E-state index contributed by atoms with van der Waals surface area (Å²) in [4.78, 5) is 0.354. The maximum atomic E-state index is 12.9. The molecule has 0 amide bonds. The van der Waals surface area contributed by atoms with Crippen molar-refractivity contribution < 1.29 is 8.42 Å². The number of piperidine rings is 1. The number of rotatable bonds is 4. The Kier molecular flexibility index (Phi) is 5.23. The van der Waals surface area contributed by atoms with Gasteiger partial charge in [-0.1, -0.05) is 12.5 Å². The van der Waals surface area contributed by atoms with E-state index in [1.165, 1.54) is 0 Å². The minimum Gasteiger partial charge on any atom is -0.330 e. The SMILES string of the molecule is Cc1ccc(S(=O)(=O)N2CCCCC2CCN)c(Br)c1. The normalized spacial score (nSPS) is 21.1. The quantitative estimate of drug-likeness (QED) is 0.897. The van der Waals surface area contributed by atoms with Gasteiger partial charge < -0.3 is 5.73 Å². The van der Waals surface area contributed by atoms with E-state index in [0.717, 1.165) is 31.2 Å².